The second kappa shape index (κ2) is 10.7. The van der Waals surface area contributed by atoms with Gasteiger partial charge >= 0.3 is 0 Å². The van der Waals surface area contributed by atoms with E-state index < -0.39 is 23.6 Å². The topological polar surface area (TPSA) is 93.2 Å². The molecule has 8 heteroatoms. The Balaban J connectivity index is 1.69. The lowest BCUT2D eigenvalue weighted by Gasteiger charge is -2.24. The van der Waals surface area contributed by atoms with Gasteiger partial charge in [-0.05, 0) is 48.5 Å². The first kappa shape index (κ1) is 26.5. The number of imide groups is 2. The first-order valence-electron chi connectivity index (χ1n) is 13.1. The highest BCUT2D eigenvalue weighted by molar-refractivity contribution is 6.38. The first-order valence-corrected chi connectivity index (χ1v) is 13.1. The summed E-state index contributed by atoms with van der Waals surface area (Å²) >= 11 is 0. The summed E-state index contributed by atoms with van der Waals surface area (Å²) in [5.74, 6) is -2.03. The van der Waals surface area contributed by atoms with E-state index in [1.807, 2.05) is 0 Å². The van der Waals surface area contributed by atoms with Gasteiger partial charge in [-0.15, -0.1) is 0 Å². The minimum absolute atomic E-state index is 0.0436. The summed E-state index contributed by atoms with van der Waals surface area (Å²) in [6.07, 6.45) is 0. The molecule has 0 fully saturated rings. The second-order valence-corrected chi connectivity index (χ2v) is 9.47. The number of benzene rings is 4. The number of para-hydroxylation sites is 2. The van der Waals surface area contributed by atoms with Crippen LogP contribution in [-0.4, -0.2) is 47.6 Å². The molecular formula is C34H24N2O6. The average molecular weight is 557 g/mol. The minimum atomic E-state index is -0.739. The number of fused-ring (bicyclic) bond motifs is 1. The molecule has 0 N–H and O–H groups in total. The molecule has 42 heavy (non-hydrogen) atoms. The Hall–Kier alpha value is -5.76. The predicted molar refractivity (Wildman–Crippen MR) is 155 cm³/mol. The van der Waals surface area contributed by atoms with Crippen LogP contribution in [0.4, 0.5) is 0 Å². The minimum Gasteiger partial charge on any atom is -0.496 e. The van der Waals surface area contributed by atoms with Crippen LogP contribution in [0.25, 0.3) is 11.4 Å². The molecule has 0 spiro atoms. The standard InChI is InChI=1S/C34H24N2O6/c1-41-25-19-11-9-17-23(25)29-27-28(34(40)35(29)31(37)21-13-5-3-6-14-21)30(24-18-10-12-20-26(24)42-2)36(33(27)39)32(38)22-15-7-4-8-16-22/h3-20H,1-2H3. The molecule has 2 aliphatic rings. The third-order valence-corrected chi connectivity index (χ3v) is 7.18. The lowest BCUT2D eigenvalue weighted by atomic mass is 10.0. The van der Waals surface area contributed by atoms with E-state index in [1.165, 1.54) is 14.2 Å². The number of carbonyl (C=O) groups is 4. The van der Waals surface area contributed by atoms with Crippen LogP contribution >= 0.6 is 0 Å². The monoisotopic (exact) mass is 556 g/mol. The van der Waals surface area contributed by atoms with Gasteiger partial charge < -0.3 is 9.47 Å². The zero-order valence-electron chi connectivity index (χ0n) is 22.7. The molecule has 206 valence electrons. The zero-order chi connectivity index (χ0) is 29.4. The van der Waals surface area contributed by atoms with Crippen molar-refractivity contribution in [2.24, 2.45) is 0 Å². The number of nitrogens with zero attached hydrogens (tertiary/aromatic N) is 2. The van der Waals surface area contributed by atoms with Crippen molar-refractivity contribution in [3.63, 3.8) is 0 Å². The number of ether oxygens (including phenoxy) is 2. The molecule has 0 aliphatic carbocycles. The molecule has 4 aromatic rings. The molecule has 8 nitrogen and oxygen atoms in total. The van der Waals surface area contributed by atoms with Gasteiger partial charge in [0.15, 0.2) is 0 Å². The number of rotatable bonds is 6. The smallest absolute Gasteiger partial charge is 0.268 e. The number of methoxy groups -OCH3 is 2. The van der Waals surface area contributed by atoms with Crippen LogP contribution in [0.2, 0.25) is 0 Å². The molecule has 0 bridgehead atoms. The molecule has 0 unspecified atom stereocenters. The number of carbonyl (C=O) groups excluding carboxylic acids is 4. The highest BCUT2D eigenvalue weighted by atomic mass is 16.5. The van der Waals surface area contributed by atoms with Gasteiger partial charge in [0.05, 0.1) is 36.8 Å². The predicted octanol–water partition coefficient (Wildman–Crippen LogP) is 5.19. The molecule has 0 saturated carbocycles. The van der Waals surface area contributed by atoms with Crippen molar-refractivity contribution in [2.45, 2.75) is 0 Å². The maximum Gasteiger partial charge on any atom is 0.268 e. The fraction of sp³-hybridized carbons (Fsp3) is 0.0588. The fourth-order valence-corrected chi connectivity index (χ4v) is 5.30. The van der Waals surface area contributed by atoms with Crippen molar-refractivity contribution in [2.75, 3.05) is 14.2 Å². The van der Waals surface area contributed by atoms with E-state index in [4.69, 9.17) is 9.47 Å². The van der Waals surface area contributed by atoms with E-state index >= 15 is 0 Å². The van der Waals surface area contributed by atoms with Gasteiger partial charge in [-0.25, -0.2) is 9.80 Å². The first-order chi connectivity index (χ1) is 20.5. The third-order valence-electron chi connectivity index (χ3n) is 7.18. The van der Waals surface area contributed by atoms with Crippen LogP contribution in [0, 0.1) is 0 Å². The molecule has 0 aromatic heterocycles. The molecule has 2 aliphatic heterocycles. The fourth-order valence-electron chi connectivity index (χ4n) is 5.30. The summed E-state index contributed by atoms with van der Waals surface area (Å²) in [7, 11) is 2.92. The summed E-state index contributed by atoms with van der Waals surface area (Å²) in [5.41, 5.74) is 1.15. The largest absolute Gasteiger partial charge is 0.496 e. The Labute approximate surface area is 241 Å². The van der Waals surface area contributed by atoms with Crippen molar-refractivity contribution in [1.29, 1.82) is 0 Å². The highest BCUT2D eigenvalue weighted by Crippen LogP contribution is 2.50. The maximum atomic E-state index is 14.5. The van der Waals surface area contributed by atoms with Crippen LogP contribution in [0.1, 0.15) is 31.8 Å². The molecule has 6 rings (SSSR count). The van der Waals surface area contributed by atoms with E-state index in [0.717, 1.165) is 9.80 Å². The van der Waals surface area contributed by atoms with Crippen LogP contribution in [0.15, 0.2) is 120 Å². The highest BCUT2D eigenvalue weighted by Gasteiger charge is 2.53. The lowest BCUT2D eigenvalue weighted by Crippen LogP contribution is -2.36. The molecule has 4 amide bonds. The molecule has 4 aromatic carbocycles. The molecule has 0 saturated heterocycles. The Morgan fingerprint density at radius 3 is 1.19 bits per heavy atom. The van der Waals surface area contributed by atoms with Crippen LogP contribution in [0.5, 0.6) is 11.5 Å². The van der Waals surface area contributed by atoms with E-state index in [0.29, 0.717) is 22.6 Å². The number of hydrogen-bond donors (Lipinski definition) is 0. The Kier molecular flexibility index (Phi) is 6.72. The molecule has 0 atom stereocenters. The zero-order valence-corrected chi connectivity index (χ0v) is 22.7. The summed E-state index contributed by atoms with van der Waals surface area (Å²) in [6.45, 7) is 0. The van der Waals surface area contributed by atoms with Gasteiger partial charge in [0.2, 0.25) is 0 Å². The Bertz CT molecular complexity index is 1690. The Morgan fingerprint density at radius 1 is 0.500 bits per heavy atom. The summed E-state index contributed by atoms with van der Waals surface area (Å²) < 4.78 is 11.2. The summed E-state index contributed by atoms with van der Waals surface area (Å²) in [6, 6.07) is 30.3. The van der Waals surface area contributed by atoms with Crippen LogP contribution in [0.3, 0.4) is 0 Å². The number of amides is 4. The van der Waals surface area contributed by atoms with Crippen LogP contribution in [-0.2, 0) is 9.59 Å². The van der Waals surface area contributed by atoms with Gasteiger partial charge in [0.1, 0.15) is 11.5 Å². The molecular weight excluding hydrogens is 532 g/mol. The van der Waals surface area contributed by atoms with Crippen molar-refractivity contribution in [3.8, 4) is 11.5 Å². The quantitative estimate of drug-likeness (QED) is 0.304. The maximum absolute atomic E-state index is 14.5. The van der Waals surface area contributed by atoms with Gasteiger partial charge in [0.25, 0.3) is 23.6 Å². The van der Waals surface area contributed by atoms with E-state index in [-0.39, 0.29) is 33.7 Å². The van der Waals surface area contributed by atoms with E-state index in [1.54, 1.807) is 109 Å². The van der Waals surface area contributed by atoms with Crippen molar-refractivity contribution in [3.05, 3.63) is 143 Å². The second-order valence-electron chi connectivity index (χ2n) is 9.47. The van der Waals surface area contributed by atoms with E-state index in [9.17, 15) is 19.2 Å². The SMILES string of the molecule is COc1ccccc1C1=C2C(=O)N(C(=O)c3ccccc3)C(c3ccccc3OC)=C2C(=O)N1C(=O)c1ccccc1. The van der Waals surface area contributed by atoms with Crippen molar-refractivity contribution < 1.29 is 28.7 Å². The van der Waals surface area contributed by atoms with E-state index in [2.05, 4.69) is 0 Å². The lowest BCUT2D eigenvalue weighted by molar-refractivity contribution is -0.122. The van der Waals surface area contributed by atoms with Gasteiger partial charge in [-0.1, -0.05) is 60.7 Å². The third kappa shape index (κ3) is 4.08. The van der Waals surface area contributed by atoms with Crippen molar-refractivity contribution >= 4 is 35.0 Å². The average Bonchev–Trinajstić information content (AvgIpc) is 3.52. The van der Waals surface area contributed by atoms with Gasteiger partial charge in [0, 0.05) is 22.3 Å². The van der Waals surface area contributed by atoms with Gasteiger partial charge in [-0.3, -0.25) is 19.2 Å². The van der Waals surface area contributed by atoms with Gasteiger partial charge in [-0.2, -0.15) is 0 Å². The summed E-state index contributed by atoms with van der Waals surface area (Å²) in [5, 5.41) is 0. The summed E-state index contributed by atoms with van der Waals surface area (Å²) in [4.78, 5) is 58.8. The van der Waals surface area contributed by atoms with Crippen molar-refractivity contribution in [1.82, 2.24) is 9.80 Å². The molecule has 2 heterocycles. The van der Waals surface area contributed by atoms with Crippen LogP contribution < -0.4 is 9.47 Å². The Morgan fingerprint density at radius 2 is 0.833 bits per heavy atom. The molecule has 0 radical (unpaired) electrons. The normalized spacial score (nSPS) is 14.4. The number of hydrogen-bond acceptors (Lipinski definition) is 6.